The van der Waals surface area contributed by atoms with Crippen LogP contribution in [0.1, 0.15) is 46.8 Å². The number of alkyl halides is 3. The highest BCUT2D eigenvalue weighted by molar-refractivity contribution is 5.94. The fourth-order valence-electron chi connectivity index (χ4n) is 5.00. The number of rotatable bonds is 7. The van der Waals surface area contributed by atoms with Crippen LogP contribution in [0.2, 0.25) is 0 Å². The summed E-state index contributed by atoms with van der Waals surface area (Å²) >= 11 is 0. The Balaban J connectivity index is 1.63. The van der Waals surface area contributed by atoms with Crippen LogP contribution in [0.4, 0.5) is 22.0 Å². The van der Waals surface area contributed by atoms with Crippen LogP contribution in [0.3, 0.4) is 0 Å². The quantitative estimate of drug-likeness (QED) is 0.325. The van der Waals surface area contributed by atoms with E-state index in [0.29, 0.717) is 42.9 Å². The minimum atomic E-state index is -4.47. The molecule has 1 fully saturated rings. The highest BCUT2D eigenvalue weighted by atomic mass is 19.4. The van der Waals surface area contributed by atoms with Gasteiger partial charge in [-0.25, -0.2) is 8.78 Å². The molecule has 3 nitrogen and oxygen atoms in total. The maximum atomic E-state index is 14.4. The first-order valence-electron chi connectivity index (χ1n) is 12.2. The Morgan fingerprint density at radius 2 is 1.68 bits per heavy atom. The van der Waals surface area contributed by atoms with Gasteiger partial charge in [-0.05, 0) is 61.7 Å². The van der Waals surface area contributed by atoms with Crippen LogP contribution in [0, 0.1) is 17.6 Å². The largest absolute Gasteiger partial charge is 0.416 e. The topological polar surface area (TPSA) is 23.6 Å². The van der Waals surface area contributed by atoms with Crippen molar-refractivity contribution in [3.8, 4) is 0 Å². The van der Waals surface area contributed by atoms with Gasteiger partial charge in [-0.15, -0.1) is 0 Å². The van der Waals surface area contributed by atoms with Gasteiger partial charge >= 0.3 is 6.18 Å². The summed E-state index contributed by atoms with van der Waals surface area (Å²) in [7, 11) is 0. The summed E-state index contributed by atoms with van der Waals surface area (Å²) in [4.78, 5) is 17.0. The van der Waals surface area contributed by atoms with E-state index in [0.717, 1.165) is 6.07 Å². The second-order valence-electron chi connectivity index (χ2n) is 9.83. The Kier molecular flexibility index (Phi) is 7.97. The average Bonchev–Trinajstić information content (AvgIpc) is 3.26. The van der Waals surface area contributed by atoms with Crippen LogP contribution in [-0.2, 0) is 12.7 Å². The number of benzene rings is 3. The van der Waals surface area contributed by atoms with Crippen LogP contribution in [0.5, 0.6) is 0 Å². The smallest absolute Gasteiger partial charge is 0.336 e. The van der Waals surface area contributed by atoms with E-state index in [9.17, 15) is 26.7 Å². The lowest BCUT2D eigenvalue weighted by atomic mass is 9.87. The minimum absolute atomic E-state index is 0.193. The number of carbonyl (C=O) groups is 1. The number of carbonyl (C=O) groups excluding carboxylic acids is 1. The Morgan fingerprint density at radius 3 is 2.32 bits per heavy atom. The number of amides is 1. The fourth-order valence-corrected chi connectivity index (χ4v) is 5.00. The average molecular weight is 517 g/mol. The summed E-state index contributed by atoms with van der Waals surface area (Å²) in [5, 5.41) is 0. The molecule has 1 aliphatic heterocycles. The number of halogens is 5. The Bertz CT molecular complexity index is 1230. The second-order valence-corrected chi connectivity index (χ2v) is 9.83. The van der Waals surface area contributed by atoms with Crippen molar-refractivity contribution in [2.24, 2.45) is 5.92 Å². The van der Waals surface area contributed by atoms with Gasteiger partial charge in [-0.1, -0.05) is 36.4 Å². The van der Waals surface area contributed by atoms with E-state index in [-0.39, 0.29) is 29.6 Å². The van der Waals surface area contributed by atoms with Crippen LogP contribution < -0.4 is 0 Å². The third-order valence-corrected chi connectivity index (χ3v) is 6.92. The van der Waals surface area contributed by atoms with Gasteiger partial charge in [0.05, 0.1) is 5.56 Å². The molecule has 3 aromatic carbocycles. The summed E-state index contributed by atoms with van der Waals surface area (Å²) in [5.74, 6) is -1.54. The van der Waals surface area contributed by atoms with Gasteiger partial charge in [0.2, 0.25) is 0 Å². The molecule has 1 amide bonds. The fraction of sp³-hybridized carbons (Fsp3) is 0.345. The molecular formula is C29H29F5N2O. The Labute approximate surface area is 213 Å². The van der Waals surface area contributed by atoms with E-state index in [2.05, 4.69) is 0 Å². The van der Waals surface area contributed by atoms with Crippen molar-refractivity contribution >= 4 is 5.91 Å². The SMILES string of the molecule is CC(C)N(CC1CN(Cc2ccccc2F)CC1c1cccc(C(F)(F)F)c1)C(=O)c1ccc(F)cc1. The van der Waals surface area contributed by atoms with E-state index in [4.69, 9.17) is 0 Å². The lowest BCUT2D eigenvalue weighted by molar-refractivity contribution is -0.137. The molecule has 1 aliphatic rings. The lowest BCUT2D eigenvalue weighted by Gasteiger charge is -2.32. The summed E-state index contributed by atoms with van der Waals surface area (Å²) in [6.07, 6.45) is -4.47. The molecule has 0 aromatic heterocycles. The van der Waals surface area contributed by atoms with Crippen LogP contribution in [-0.4, -0.2) is 41.4 Å². The van der Waals surface area contributed by atoms with Crippen LogP contribution in [0.15, 0.2) is 72.8 Å². The summed E-state index contributed by atoms with van der Waals surface area (Å²) in [6.45, 7) is 5.25. The third kappa shape index (κ3) is 6.36. The molecule has 0 N–H and O–H groups in total. The van der Waals surface area contributed by atoms with E-state index in [1.54, 1.807) is 29.2 Å². The minimum Gasteiger partial charge on any atom is -0.336 e. The van der Waals surface area contributed by atoms with Crippen molar-refractivity contribution in [2.45, 2.75) is 38.5 Å². The summed E-state index contributed by atoms with van der Waals surface area (Å²) in [6, 6.07) is 16.8. The van der Waals surface area contributed by atoms with Crippen molar-refractivity contribution in [1.29, 1.82) is 0 Å². The normalized spacial score (nSPS) is 18.4. The van der Waals surface area contributed by atoms with Gasteiger partial charge < -0.3 is 4.90 Å². The van der Waals surface area contributed by atoms with Crippen molar-refractivity contribution in [2.75, 3.05) is 19.6 Å². The van der Waals surface area contributed by atoms with Gasteiger partial charge in [0.25, 0.3) is 5.91 Å². The molecule has 2 atom stereocenters. The standard InChI is InChI=1S/C29H29F5N2O/c1-19(2)36(28(37)20-10-12-25(30)13-11-20)17-23-16-35(15-22-6-3-4-9-27(22)31)18-26(23)21-7-5-8-24(14-21)29(32,33)34/h3-14,19,23,26H,15-18H2,1-2H3. The van der Waals surface area contributed by atoms with E-state index < -0.39 is 17.6 Å². The first kappa shape index (κ1) is 26.8. The molecular weight excluding hydrogens is 487 g/mol. The Morgan fingerprint density at radius 1 is 0.973 bits per heavy atom. The van der Waals surface area contributed by atoms with Crippen molar-refractivity contribution < 1.29 is 26.7 Å². The van der Waals surface area contributed by atoms with Gasteiger partial charge in [0.1, 0.15) is 11.6 Å². The van der Waals surface area contributed by atoms with E-state index >= 15 is 0 Å². The predicted octanol–water partition coefficient (Wildman–Crippen LogP) is 6.75. The van der Waals surface area contributed by atoms with Gasteiger partial charge in [-0.3, -0.25) is 9.69 Å². The summed E-state index contributed by atoms with van der Waals surface area (Å²) in [5.41, 5.74) is 0.661. The van der Waals surface area contributed by atoms with E-state index in [1.165, 1.54) is 42.5 Å². The molecule has 0 radical (unpaired) electrons. The van der Waals surface area contributed by atoms with Gasteiger partial charge in [-0.2, -0.15) is 13.2 Å². The zero-order valence-electron chi connectivity index (χ0n) is 20.7. The molecule has 0 aliphatic carbocycles. The molecule has 2 unspecified atom stereocenters. The van der Waals surface area contributed by atoms with Gasteiger partial charge in [0, 0.05) is 49.3 Å². The predicted molar refractivity (Wildman–Crippen MR) is 132 cm³/mol. The maximum absolute atomic E-state index is 14.4. The first-order chi connectivity index (χ1) is 17.5. The Hall–Kier alpha value is -3.26. The molecule has 0 bridgehead atoms. The van der Waals surface area contributed by atoms with Gasteiger partial charge in [0.15, 0.2) is 0 Å². The first-order valence-corrected chi connectivity index (χ1v) is 12.2. The summed E-state index contributed by atoms with van der Waals surface area (Å²) < 4.78 is 68.2. The number of likely N-dealkylation sites (tertiary alicyclic amines) is 1. The number of hydrogen-bond donors (Lipinski definition) is 0. The highest BCUT2D eigenvalue weighted by Crippen LogP contribution is 2.38. The van der Waals surface area contributed by atoms with Crippen LogP contribution in [0.25, 0.3) is 0 Å². The zero-order chi connectivity index (χ0) is 26.7. The van der Waals surface area contributed by atoms with Crippen molar-refractivity contribution in [1.82, 2.24) is 9.80 Å². The zero-order valence-corrected chi connectivity index (χ0v) is 20.7. The molecule has 1 saturated heterocycles. The monoisotopic (exact) mass is 516 g/mol. The molecule has 1 heterocycles. The van der Waals surface area contributed by atoms with Crippen LogP contribution >= 0.6 is 0 Å². The van der Waals surface area contributed by atoms with E-state index in [1.807, 2.05) is 18.7 Å². The molecule has 196 valence electrons. The molecule has 0 spiro atoms. The lowest BCUT2D eigenvalue weighted by Crippen LogP contribution is -2.42. The molecule has 3 aromatic rings. The maximum Gasteiger partial charge on any atom is 0.416 e. The molecule has 4 rings (SSSR count). The molecule has 37 heavy (non-hydrogen) atoms. The molecule has 8 heteroatoms. The number of hydrogen-bond acceptors (Lipinski definition) is 2. The third-order valence-electron chi connectivity index (χ3n) is 6.92. The second kappa shape index (κ2) is 11.0. The van der Waals surface area contributed by atoms with Crippen molar-refractivity contribution in [3.05, 3.63) is 107 Å². The van der Waals surface area contributed by atoms with Crippen molar-refractivity contribution in [3.63, 3.8) is 0 Å². The number of nitrogens with zero attached hydrogens (tertiary/aromatic N) is 2. The molecule has 0 saturated carbocycles. The highest BCUT2D eigenvalue weighted by Gasteiger charge is 2.38.